The summed E-state index contributed by atoms with van der Waals surface area (Å²) < 4.78 is 7.59. The van der Waals surface area contributed by atoms with Gasteiger partial charge in [0.15, 0.2) is 0 Å². The van der Waals surface area contributed by atoms with E-state index in [0.29, 0.717) is 30.1 Å². The molecule has 1 saturated heterocycles. The lowest BCUT2D eigenvalue weighted by Gasteiger charge is -2.17. The summed E-state index contributed by atoms with van der Waals surface area (Å²) >= 11 is 0. The van der Waals surface area contributed by atoms with Gasteiger partial charge in [-0.3, -0.25) is 14.1 Å². The Hall–Kier alpha value is -4.18. The molecule has 4 aromatic rings. The van der Waals surface area contributed by atoms with E-state index in [-0.39, 0.29) is 5.91 Å². The molecule has 1 fully saturated rings. The second kappa shape index (κ2) is 7.58. The second-order valence-electron chi connectivity index (χ2n) is 7.37. The molecular weight excluding hydrogens is 390 g/mol. The zero-order chi connectivity index (χ0) is 21.4. The third-order valence-corrected chi connectivity index (χ3v) is 5.58. The Balaban J connectivity index is 1.69. The number of hydrogen-bond acceptors (Lipinski definition) is 5. The van der Waals surface area contributed by atoms with Gasteiger partial charge in [-0.2, -0.15) is 5.26 Å². The van der Waals surface area contributed by atoms with Crippen LogP contribution < -0.4 is 9.64 Å². The highest BCUT2D eigenvalue weighted by atomic mass is 16.5. The van der Waals surface area contributed by atoms with Gasteiger partial charge in [-0.15, -0.1) is 0 Å². The summed E-state index contributed by atoms with van der Waals surface area (Å²) in [5.41, 5.74) is 5.11. The summed E-state index contributed by atoms with van der Waals surface area (Å²) in [4.78, 5) is 22.7. The number of nitriles is 1. The molecule has 1 aliphatic rings. The molecule has 0 saturated carbocycles. The molecule has 1 amide bonds. The highest BCUT2D eigenvalue weighted by Gasteiger charge is 2.23. The number of amides is 1. The number of carbonyl (C=O) groups is 1. The fourth-order valence-corrected chi connectivity index (χ4v) is 4.04. The van der Waals surface area contributed by atoms with Crippen LogP contribution in [0.15, 0.2) is 61.2 Å². The minimum absolute atomic E-state index is 0.111. The molecule has 0 spiro atoms. The number of nitrogens with zero attached hydrogens (tertiary/aromatic N) is 5. The number of rotatable bonds is 4. The third-order valence-electron chi connectivity index (χ3n) is 5.58. The first-order valence-corrected chi connectivity index (χ1v) is 10.00. The third kappa shape index (κ3) is 3.19. The number of carbonyl (C=O) groups excluding carboxylic acids is 1. The first-order chi connectivity index (χ1) is 15.2. The summed E-state index contributed by atoms with van der Waals surface area (Å²) in [5.74, 6) is 1.48. The van der Waals surface area contributed by atoms with Crippen molar-refractivity contribution in [3.63, 3.8) is 0 Å². The van der Waals surface area contributed by atoms with Crippen molar-refractivity contribution in [2.75, 3.05) is 18.6 Å². The molecule has 31 heavy (non-hydrogen) atoms. The molecule has 3 aromatic heterocycles. The summed E-state index contributed by atoms with van der Waals surface area (Å²) in [5, 5.41) is 9.14. The molecule has 0 unspecified atom stereocenters. The van der Waals surface area contributed by atoms with Crippen LogP contribution in [0.25, 0.3) is 27.9 Å². The Kier molecular flexibility index (Phi) is 4.60. The monoisotopic (exact) mass is 409 g/mol. The number of anilines is 1. The molecule has 0 atom stereocenters. The molecule has 7 heteroatoms. The van der Waals surface area contributed by atoms with Gasteiger partial charge in [0.05, 0.1) is 37.0 Å². The largest absolute Gasteiger partial charge is 0.494 e. The number of benzene rings is 1. The maximum absolute atomic E-state index is 12.1. The van der Waals surface area contributed by atoms with E-state index in [0.717, 1.165) is 34.3 Å². The smallest absolute Gasteiger partial charge is 0.228 e. The van der Waals surface area contributed by atoms with Crippen molar-refractivity contribution in [2.45, 2.75) is 12.8 Å². The number of hydrogen-bond donors (Lipinski definition) is 0. The molecular formula is C24H19N5O2. The Morgan fingerprint density at radius 3 is 2.55 bits per heavy atom. The predicted octanol–water partition coefficient (Wildman–Crippen LogP) is 4.07. The highest BCUT2D eigenvalue weighted by molar-refractivity contribution is 5.94. The number of ether oxygens (including phenoxy) is 1. The van der Waals surface area contributed by atoms with Crippen molar-refractivity contribution in [1.29, 1.82) is 5.26 Å². The van der Waals surface area contributed by atoms with E-state index in [1.165, 1.54) is 0 Å². The lowest BCUT2D eigenvalue weighted by molar-refractivity contribution is -0.117. The van der Waals surface area contributed by atoms with Gasteiger partial charge in [-0.25, -0.2) is 9.97 Å². The summed E-state index contributed by atoms with van der Waals surface area (Å²) in [6.45, 7) is 0.704. The molecule has 0 bridgehead atoms. The molecule has 4 heterocycles. The number of imidazole rings is 1. The van der Waals surface area contributed by atoms with Crippen LogP contribution in [0.4, 0.5) is 5.82 Å². The van der Waals surface area contributed by atoms with Crippen molar-refractivity contribution < 1.29 is 9.53 Å². The molecule has 7 nitrogen and oxygen atoms in total. The van der Waals surface area contributed by atoms with E-state index in [1.807, 2.05) is 34.7 Å². The predicted molar refractivity (Wildman–Crippen MR) is 117 cm³/mol. The fraction of sp³-hybridized carbons (Fsp3) is 0.167. The van der Waals surface area contributed by atoms with Gasteiger partial charge >= 0.3 is 0 Å². The molecule has 1 aliphatic heterocycles. The van der Waals surface area contributed by atoms with Gasteiger partial charge < -0.3 is 4.74 Å². The SMILES string of the molecule is COc1cc(-c2ccc(C#N)cc2)c(-c2ccc(N3CCCC3=O)nc2)n2cncc12. The fourth-order valence-electron chi connectivity index (χ4n) is 4.04. The summed E-state index contributed by atoms with van der Waals surface area (Å²) in [6, 6.07) is 15.4. The lowest BCUT2D eigenvalue weighted by atomic mass is 9.98. The van der Waals surface area contributed by atoms with E-state index < -0.39 is 0 Å². The van der Waals surface area contributed by atoms with Gasteiger partial charge in [-0.1, -0.05) is 12.1 Å². The van der Waals surface area contributed by atoms with E-state index in [2.05, 4.69) is 16.0 Å². The number of pyridine rings is 2. The number of aromatic nitrogens is 3. The summed E-state index contributed by atoms with van der Waals surface area (Å²) in [6.07, 6.45) is 6.73. The Morgan fingerprint density at radius 1 is 1.10 bits per heavy atom. The Bertz CT molecular complexity index is 1320. The van der Waals surface area contributed by atoms with E-state index in [9.17, 15) is 4.79 Å². The van der Waals surface area contributed by atoms with Crippen molar-refractivity contribution in [3.05, 3.63) is 66.7 Å². The van der Waals surface area contributed by atoms with Gasteiger partial charge in [0.1, 0.15) is 17.1 Å². The van der Waals surface area contributed by atoms with Gasteiger partial charge in [-0.05, 0) is 42.3 Å². The molecule has 0 radical (unpaired) electrons. The maximum Gasteiger partial charge on any atom is 0.228 e. The van der Waals surface area contributed by atoms with E-state index in [4.69, 9.17) is 10.00 Å². The van der Waals surface area contributed by atoms with E-state index >= 15 is 0 Å². The Morgan fingerprint density at radius 2 is 1.90 bits per heavy atom. The van der Waals surface area contributed by atoms with Crippen LogP contribution in [0.5, 0.6) is 5.75 Å². The molecule has 152 valence electrons. The van der Waals surface area contributed by atoms with Crippen LogP contribution >= 0.6 is 0 Å². The molecule has 0 N–H and O–H groups in total. The van der Waals surface area contributed by atoms with Crippen LogP contribution in [0, 0.1) is 11.3 Å². The average molecular weight is 409 g/mol. The van der Waals surface area contributed by atoms with Crippen LogP contribution in [-0.4, -0.2) is 33.9 Å². The standard InChI is InChI=1S/C24H19N5O2/c1-31-21-11-19(17-6-4-16(12-25)5-7-17)24(29-15-26-14-20(21)29)18-8-9-22(27-13-18)28-10-2-3-23(28)30/h4-9,11,13-15H,2-3,10H2,1H3. The van der Waals surface area contributed by atoms with Gasteiger partial charge in [0, 0.05) is 30.3 Å². The van der Waals surface area contributed by atoms with Crippen molar-refractivity contribution in [2.24, 2.45) is 0 Å². The molecule has 5 rings (SSSR count). The zero-order valence-corrected chi connectivity index (χ0v) is 16.9. The minimum Gasteiger partial charge on any atom is -0.494 e. The average Bonchev–Trinajstić information content (AvgIpc) is 3.47. The van der Waals surface area contributed by atoms with Crippen LogP contribution in [0.3, 0.4) is 0 Å². The number of methoxy groups -OCH3 is 1. The Labute approximate surface area is 179 Å². The maximum atomic E-state index is 12.1. The highest BCUT2D eigenvalue weighted by Crippen LogP contribution is 2.38. The van der Waals surface area contributed by atoms with Crippen molar-refractivity contribution >= 4 is 17.2 Å². The van der Waals surface area contributed by atoms with Gasteiger partial charge in [0.25, 0.3) is 0 Å². The van der Waals surface area contributed by atoms with Crippen LogP contribution in [0.2, 0.25) is 0 Å². The molecule has 0 aliphatic carbocycles. The topological polar surface area (TPSA) is 83.5 Å². The summed E-state index contributed by atoms with van der Waals surface area (Å²) in [7, 11) is 1.63. The normalized spacial score (nSPS) is 13.5. The molecule has 1 aromatic carbocycles. The quantitative estimate of drug-likeness (QED) is 0.507. The minimum atomic E-state index is 0.111. The lowest BCUT2D eigenvalue weighted by Crippen LogP contribution is -2.24. The van der Waals surface area contributed by atoms with Crippen LogP contribution in [0.1, 0.15) is 18.4 Å². The second-order valence-corrected chi connectivity index (χ2v) is 7.37. The van der Waals surface area contributed by atoms with Crippen LogP contribution in [-0.2, 0) is 4.79 Å². The van der Waals surface area contributed by atoms with Crippen molar-refractivity contribution in [1.82, 2.24) is 14.4 Å². The van der Waals surface area contributed by atoms with E-state index in [1.54, 1.807) is 42.9 Å². The van der Waals surface area contributed by atoms with Crippen molar-refractivity contribution in [3.8, 4) is 34.2 Å². The first-order valence-electron chi connectivity index (χ1n) is 10.00. The van der Waals surface area contributed by atoms with Gasteiger partial charge in [0.2, 0.25) is 5.91 Å². The number of fused-ring (bicyclic) bond motifs is 1. The first kappa shape index (κ1) is 18.8. The zero-order valence-electron chi connectivity index (χ0n) is 16.9.